The first-order chi connectivity index (χ1) is 9.10. The van der Waals surface area contributed by atoms with Crippen molar-refractivity contribution >= 4 is 17.2 Å². The molecule has 0 aliphatic heterocycles. The van der Waals surface area contributed by atoms with E-state index >= 15 is 0 Å². The second-order valence-electron chi connectivity index (χ2n) is 4.21. The van der Waals surface area contributed by atoms with Gasteiger partial charge in [-0.05, 0) is 38.1 Å². The minimum atomic E-state index is -0.162. The van der Waals surface area contributed by atoms with Gasteiger partial charge >= 0.3 is 0 Å². The van der Waals surface area contributed by atoms with E-state index in [1.165, 1.54) is 11.3 Å². The SMILES string of the molecule is Cc1csc(C(C)NC(=O)c2ccc(C#N)cc2)n1. The van der Waals surface area contributed by atoms with Crippen molar-refractivity contribution in [3.63, 3.8) is 0 Å². The molecule has 1 unspecified atom stereocenters. The maximum atomic E-state index is 12.0. The highest BCUT2D eigenvalue weighted by Gasteiger charge is 2.13. The highest BCUT2D eigenvalue weighted by Crippen LogP contribution is 2.18. The number of nitriles is 1. The third kappa shape index (κ3) is 3.18. The Morgan fingerprint density at radius 1 is 1.42 bits per heavy atom. The molecule has 0 aliphatic carbocycles. The summed E-state index contributed by atoms with van der Waals surface area (Å²) in [4.78, 5) is 16.4. The molecule has 5 heteroatoms. The molecule has 0 bridgehead atoms. The Kier molecular flexibility index (Phi) is 3.93. The molecule has 0 fully saturated rings. The summed E-state index contributed by atoms with van der Waals surface area (Å²) in [6, 6.07) is 8.46. The Bertz CT molecular complexity index is 625. The van der Waals surface area contributed by atoms with E-state index in [1.54, 1.807) is 24.3 Å². The van der Waals surface area contributed by atoms with Gasteiger partial charge in [-0.25, -0.2) is 4.98 Å². The third-order valence-corrected chi connectivity index (χ3v) is 3.78. The molecule has 4 nitrogen and oxygen atoms in total. The number of hydrogen-bond acceptors (Lipinski definition) is 4. The fraction of sp³-hybridized carbons (Fsp3) is 0.214. The van der Waals surface area contributed by atoms with Gasteiger partial charge in [0.15, 0.2) is 0 Å². The number of thiazole rings is 1. The Balaban J connectivity index is 2.06. The monoisotopic (exact) mass is 271 g/mol. The topological polar surface area (TPSA) is 65.8 Å². The number of hydrogen-bond donors (Lipinski definition) is 1. The maximum absolute atomic E-state index is 12.0. The summed E-state index contributed by atoms with van der Waals surface area (Å²) < 4.78 is 0. The molecule has 19 heavy (non-hydrogen) atoms. The smallest absolute Gasteiger partial charge is 0.251 e. The van der Waals surface area contributed by atoms with Crippen molar-refractivity contribution in [3.8, 4) is 6.07 Å². The molecule has 0 saturated carbocycles. The van der Waals surface area contributed by atoms with Gasteiger partial charge in [0.05, 0.1) is 17.7 Å². The highest BCUT2D eigenvalue weighted by atomic mass is 32.1. The van der Waals surface area contributed by atoms with E-state index in [0.29, 0.717) is 11.1 Å². The standard InChI is InChI=1S/C14H13N3OS/c1-9-8-19-14(16-9)10(2)17-13(18)12-5-3-11(7-15)4-6-12/h3-6,8,10H,1-2H3,(H,17,18). The Hall–Kier alpha value is -2.19. The van der Waals surface area contributed by atoms with Crippen LogP contribution in [0.15, 0.2) is 29.6 Å². The van der Waals surface area contributed by atoms with Gasteiger partial charge in [-0.3, -0.25) is 4.79 Å². The molecular formula is C14H13N3OS. The van der Waals surface area contributed by atoms with Crippen LogP contribution in [0.1, 0.15) is 39.6 Å². The van der Waals surface area contributed by atoms with E-state index < -0.39 is 0 Å². The molecule has 2 aromatic rings. The molecule has 1 heterocycles. The number of rotatable bonds is 3. The summed E-state index contributed by atoms with van der Waals surface area (Å²) in [5, 5.41) is 14.4. The lowest BCUT2D eigenvalue weighted by molar-refractivity contribution is 0.0940. The van der Waals surface area contributed by atoms with E-state index in [0.717, 1.165) is 10.7 Å². The van der Waals surface area contributed by atoms with Crippen LogP contribution in [-0.2, 0) is 0 Å². The van der Waals surface area contributed by atoms with Crippen molar-refractivity contribution in [1.29, 1.82) is 5.26 Å². The summed E-state index contributed by atoms with van der Waals surface area (Å²) >= 11 is 1.53. The van der Waals surface area contributed by atoms with Crippen molar-refractivity contribution in [2.75, 3.05) is 0 Å². The first-order valence-electron chi connectivity index (χ1n) is 5.83. The molecule has 96 valence electrons. The molecule has 1 aromatic heterocycles. The number of benzene rings is 1. The van der Waals surface area contributed by atoms with Crippen LogP contribution in [0.4, 0.5) is 0 Å². The first kappa shape index (κ1) is 13.2. The summed E-state index contributed by atoms with van der Waals surface area (Å²) in [6.45, 7) is 3.83. The maximum Gasteiger partial charge on any atom is 0.251 e. The lowest BCUT2D eigenvalue weighted by Crippen LogP contribution is -2.26. The van der Waals surface area contributed by atoms with E-state index in [9.17, 15) is 4.79 Å². The van der Waals surface area contributed by atoms with Crippen molar-refractivity contribution in [2.24, 2.45) is 0 Å². The van der Waals surface area contributed by atoms with Gasteiger partial charge in [0, 0.05) is 16.6 Å². The van der Waals surface area contributed by atoms with Gasteiger partial charge in [0.25, 0.3) is 5.91 Å². The van der Waals surface area contributed by atoms with Gasteiger partial charge in [-0.15, -0.1) is 11.3 Å². The van der Waals surface area contributed by atoms with E-state index in [2.05, 4.69) is 10.3 Å². The number of carbonyl (C=O) groups is 1. The zero-order chi connectivity index (χ0) is 13.8. The molecule has 1 amide bonds. The van der Waals surface area contributed by atoms with Gasteiger partial charge in [0.1, 0.15) is 5.01 Å². The quantitative estimate of drug-likeness (QED) is 0.933. The lowest BCUT2D eigenvalue weighted by atomic mass is 10.1. The highest BCUT2D eigenvalue weighted by molar-refractivity contribution is 7.09. The summed E-state index contributed by atoms with van der Waals surface area (Å²) in [5.74, 6) is -0.162. The molecule has 0 radical (unpaired) electrons. The summed E-state index contributed by atoms with van der Waals surface area (Å²) in [6.07, 6.45) is 0. The van der Waals surface area contributed by atoms with Crippen molar-refractivity contribution in [1.82, 2.24) is 10.3 Å². The van der Waals surface area contributed by atoms with Crippen LogP contribution in [0, 0.1) is 18.3 Å². The molecule has 2 rings (SSSR count). The fourth-order valence-corrected chi connectivity index (χ4v) is 2.41. The predicted octanol–water partition coefficient (Wildman–Crippen LogP) is 2.81. The van der Waals surface area contributed by atoms with Crippen LogP contribution in [-0.4, -0.2) is 10.9 Å². The third-order valence-electron chi connectivity index (χ3n) is 2.63. The van der Waals surface area contributed by atoms with Crippen molar-refractivity contribution < 1.29 is 4.79 Å². The first-order valence-corrected chi connectivity index (χ1v) is 6.71. The minimum absolute atomic E-state index is 0.123. The van der Waals surface area contributed by atoms with Gasteiger partial charge in [-0.2, -0.15) is 5.26 Å². The zero-order valence-electron chi connectivity index (χ0n) is 10.7. The van der Waals surface area contributed by atoms with Gasteiger partial charge in [0.2, 0.25) is 0 Å². The molecule has 1 aromatic carbocycles. The molecule has 0 spiro atoms. The van der Waals surface area contributed by atoms with E-state index in [4.69, 9.17) is 5.26 Å². The van der Waals surface area contributed by atoms with Crippen LogP contribution in [0.3, 0.4) is 0 Å². The minimum Gasteiger partial charge on any atom is -0.343 e. The fourth-order valence-electron chi connectivity index (χ4n) is 1.61. The van der Waals surface area contributed by atoms with Crippen molar-refractivity contribution in [2.45, 2.75) is 19.9 Å². The Morgan fingerprint density at radius 2 is 2.11 bits per heavy atom. The number of nitrogens with zero attached hydrogens (tertiary/aromatic N) is 2. The van der Waals surface area contributed by atoms with E-state index in [1.807, 2.05) is 25.3 Å². The van der Waals surface area contributed by atoms with Crippen LogP contribution < -0.4 is 5.32 Å². The molecule has 0 saturated heterocycles. The lowest BCUT2D eigenvalue weighted by Gasteiger charge is -2.11. The van der Waals surface area contributed by atoms with Crippen molar-refractivity contribution in [3.05, 3.63) is 51.5 Å². The van der Waals surface area contributed by atoms with Gasteiger partial charge in [-0.1, -0.05) is 0 Å². The predicted molar refractivity (Wildman–Crippen MR) is 73.9 cm³/mol. The average molecular weight is 271 g/mol. The summed E-state index contributed by atoms with van der Waals surface area (Å²) in [5.41, 5.74) is 2.04. The number of aromatic nitrogens is 1. The average Bonchev–Trinajstić information content (AvgIpc) is 2.85. The summed E-state index contributed by atoms with van der Waals surface area (Å²) in [7, 11) is 0. The second-order valence-corrected chi connectivity index (χ2v) is 5.10. The van der Waals surface area contributed by atoms with Crippen LogP contribution in [0.25, 0.3) is 0 Å². The normalized spacial score (nSPS) is 11.6. The number of amides is 1. The Morgan fingerprint density at radius 3 is 2.63 bits per heavy atom. The van der Waals surface area contributed by atoms with E-state index in [-0.39, 0.29) is 11.9 Å². The number of aryl methyl sites for hydroxylation is 1. The Labute approximate surface area is 115 Å². The van der Waals surface area contributed by atoms with Crippen LogP contribution >= 0.6 is 11.3 Å². The van der Waals surface area contributed by atoms with Crippen LogP contribution in [0.5, 0.6) is 0 Å². The second kappa shape index (κ2) is 5.63. The molecule has 1 atom stereocenters. The van der Waals surface area contributed by atoms with Crippen LogP contribution in [0.2, 0.25) is 0 Å². The largest absolute Gasteiger partial charge is 0.343 e. The number of nitrogens with one attached hydrogen (secondary N) is 1. The molecular weight excluding hydrogens is 258 g/mol. The zero-order valence-corrected chi connectivity index (χ0v) is 11.5. The number of carbonyl (C=O) groups excluding carboxylic acids is 1. The molecule has 1 N–H and O–H groups in total. The van der Waals surface area contributed by atoms with Gasteiger partial charge < -0.3 is 5.32 Å². The molecule has 0 aliphatic rings.